The van der Waals surface area contributed by atoms with Gasteiger partial charge in [0, 0.05) is 42.8 Å². The van der Waals surface area contributed by atoms with Crippen molar-refractivity contribution in [3.8, 4) is 22.8 Å². The summed E-state index contributed by atoms with van der Waals surface area (Å²) >= 11 is 6.45. The maximum atomic E-state index is 11.8. The number of benzene rings is 2. The number of ether oxygens (including phenoxy) is 2. The molecule has 11 nitrogen and oxygen atoms in total. The number of fused-ring (bicyclic) bond motifs is 1. The van der Waals surface area contributed by atoms with Crippen LogP contribution in [0.2, 0.25) is 5.02 Å². The highest BCUT2D eigenvalue weighted by Crippen LogP contribution is 2.38. The molecule has 0 amide bonds. The van der Waals surface area contributed by atoms with E-state index in [1.54, 1.807) is 53.5 Å². The molecule has 0 aliphatic rings. The second-order valence-electron chi connectivity index (χ2n) is 8.81. The second kappa shape index (κ2) is 11.0. The number of aliphatic hydroxyl groups is 1. The third-order valence-corrected chi connectivity index (χ3v) is 7.23. The lowest BCUT2D eigenvalue weighted by molar-refractivity contribution is 0.0514. The summed E-state index contributed by atoms with van der Waals surface area (Å²) in [5.41, 5.74) is 1.84. The standard InChI is InChI=1S/C26H25ClN6O5S/c1-37-15-17(34)14-33-11-9-23(32-33)29-26-20-12-16(24-21(27)4-3-10-28-24)13-22(25(20)30-31-26)38-18-5-7-19(8-6-18)39(2,35)36/h3-13,17,34H,14-15H2,1-2H3,(H2,29,30,31,32). The van der Waals surface area contributed by atoms with Gasteiger partial charge in [-0.2, -0.15) is 10.2 Å². The SMILES string of the molecule is COCC(O)Cn1ccc(Nc2n[nH]c3c(Oc4ccc(S(C)(=O)=O)cc4)cc(-c4ncccc4Cl)cc23)n1. The number of hydrogen-bond acceptors (Lipinski definition) is 9. The van der Waals surface area contributed by atoms with Gasteiger partial charge in [-0.05, 0) is 48.5 Å². The van der Waals surface area contributed by atoms with Gasteiger partial charge in [-0.3, -0.25) is 14.8 Å². The lowest BCUT2D eigenvalue weighted by atomic mass is 10.1. The molecule has 0 spiro atoms. The maximum absolute atomic E-state index is 11.8. The zero-order valence-electron chi connectivity index (χ0n) is 21.0. The minimum absolute atomic E-state index is 0.191. The van der Waals surface area contributed by atoms with Crippen molar-refractivity contribution >= 4 is 44.0 Å². The number of H-pyrrole nitrogens is 1. The molecule has 0 aliphatic heterocycles. The van der Waals surface area contributed by atoms with Crippen LogP contribution in [-0.4, -0.2) is 64.6 Å². The number of sulfone groups is 1. The van der Waals surface area contributed by atoms with Gasteiger partial charge >= 0.3 is 0 Å². The number of aromatic amines is 1. The molecule has 3 N–H and O–H groups in total. The average Bonchev–Trinajstić information content (AvgIpc) is 3.51. The Balaban J connectivity index is 1.52. The van der Waals surface area contributed by atoms with Crippen molar-refractivity contribution in [2.75, 3.05) is 25.3 Å². The quantitative estimate of drug-likeness (QED) is 0.223. The molecule has 0 saturated heterocycles. The number of rotatable bonds is 10. The van der Waals surface area contributed by atoms with E-state index in [0.29, 0.717) is 50.3 Å². The van der Waals surface area contributed by atoms with Crippen molar-refractivity contribution in [3.63, 3.8) is 0 Å². The van der Waals surface area contributed by atoms with Crippen LogP contribution in [0.5, 0.6) is 11.5 Å². The van der Waals surface area contributed by atoms with Crippen molar-refractivity contribution in [1.82, 2.24) is 25.0 Å². The van der Waals surface area contributed by atoms with Crippen LogP contribution < -0.4 is 10.1 Å². The smallest absolute Gasteiger partial charge is 0.175 e. The summed E-state index contributed by atoms with van der Waals surface area (Å²) in [7, 11) is -1.82. The van der Waals surface area contributed by atoms with Crippen molar-refractivity contribution < 1.29 is 23.0 Å². The zero-order valence-corrected chi connectivity index (χ0v) is 22.6. The monoisotopic (exact) mass is 568 g/mol. The fourth-order valence-corrected chi connectivity index (χ4v) is 4.86. The Morgan fingerprint density at radius 1 is 1.18 bits per heavy atom. The van der Waals surface area contributed by atoms with Gasteiger partial charge in [0.05, 0.1) is 34.9 Å². The molecule has 39 heavy (non-hydrogen) atoms. The Labute approximate surface area is 229 Å². The molecular formula is C26H25ClN6O5S. The lowest BCUT2D eigenvalue weighted by Gasteiger charge is -2.11. The Bertz CT molecular complexity index is 1720. The molecule has 0 bridgehead atoms. The first kappa shape index (κ1) is 26.6. The largest absolute Gasteiger partial charge is 0.455 e. The molecule has 3 heterocycles. The van der Waals surface area contributed by atoms with E-state index in [-0.39, 0.29) is 18.0 Å². The van der Waals surface area contributed by atoms with E-state index in [9.17, 15) is 13.5 Å². The highest BCUT2D eigenvalue weighted by molar-refractivity contribution is 7.90. The predicted molar refractivity (Wildman–Crippen MR) is 147 cm³/mol. The Hall–Kier alpha value is -3.97. The van der Waals surface area contributed by atoms with Crippen molar-refractivity contribution in [3.05, 3.63) is 72.0 Å². The lowest BCUT2D eigenvalue weighted by Crippen LogP contribution is -2.21. The van der Waals surface area contributed by atoms with Gasteiger partial charge in [-0.1, -0.05) is 11.6 Å². The highest BCUT2D eigenvalue weighted by Gasteiger charge is 2.18. The molecule has 5 aromatic rings. The number of hydrogen-bond donors (Lipinski definition) is 3. The molecule has 0 radical (unpaired) electrons. The van der Waals surface area contributed by atoms with E-state index < -0.39 is 15.9 Å². The number of anilines is 2. The molecule has 13 heteroatoms. The number of aliphatic hydroxyl groups excluding tert-OH is 1. The molecule has 0 saturated carbocycles. The Morgan fingerprint density at radius 2 is 1.97 bits per heavy atom. The molecule has 1 unspecified atom stereocenters. The van der Waals surface area contributed by atoms with Gasteiger partial charge in [0.2, 0.25) is 0 Å². The van der Waals surface area contributed by atoms with Crippen LogP contribution in [0.25, 0.3) is 22.2 Å². The summed E-state index contributed by atoms with van der Waals surface area (Å²) in [6, 6.07) is 15.1. The first-order valence-corrected chi connectivity index (χ1v) is 14.1. The summed E-state index contributed by atoms with van der Waals surface area (Å²) in [6.07, 6.45) is 3.85. The second-order valence-corrected chi connectivity index (χ2v) is 11.2. The minimum atomic E-state index is -3.34. The minimum Gasteiger partial charge on any atom is -0.455 e. The van der Waals surface area contributed by atoms with Gasteiger partial charge < -0.3 is 19.9 Å². The molecule has 202 valence electrons. The highest BCUT2D eigenvalue weighted by atomic mass is 35.5. The van der Waals surface area contributed by atoms with Crippen LogP contribution in [-0.2, 0) is 21.1 Å². The van der Waals surface area contributed by atoms with Crippen LogP contribution in [0.3, 0.4) is 0 Å². The first-order valence-electron chi connectivity index (χ1n) is 11.8. The molecule has 5 rings (SSSR count). The molecule has 3 aromatic heterocycles. The number of halogens is 1. The average molecular weight is 569 g/mol. The van der Waals surface area contributed by atoms with Gasteiger partial charge in [-0.15, -0.1) is 0 Å². The number of pyridine rings is 1. The third-order valence-electron chi connectivity index (χ3n) is 5.79. The van der Waals surface area contributed by atoms with Crippen molar-refractivity contribution in [2.45, 2.75) is 17.5 Å². The van der Waals surface area contributed by atoms with Crippen LogP contribution in [0.1, 0.15) is 0 Å². The van der Waals surface area contributed by atoms with Crippen LogP contribution in [0.4, 0.5) is 11.6 Å². The Morgan fingerprint density at radius 3 is 2.69 bits per heavy atom. The van der Waals surface area contributed by atoms with E-state index in [1.165, 1.54) is 19.2 Å². The van der Waals surface area contributed by atoms with Gasteiger partial charge in [0.15, 0.2) is 27.2 Å². The molecule has 0 fully saturated rings. The van der Waals surface area contributed by atoms with E-state index >= 15 is 0 Å². The van der Waals surface area contributed by atoms with E-state index in [4.69, 9.17) is 21.1 Å². The molecule has 1 atom stereocenters. The third kappa shape index (κ3) is 6.04. The van der Waals surface area contributed by atoms with Crippen LogP contribution in [0, 0.1) is 0 Å². The summed E-state index contributed by atoms with van der Waals surface area (Å²) in [4.78, 5) is 4.62. The normalized spacial score (nSPS) is 12.5. The van der Waals surface area contributed by atoms with Crippen LogP contribution in [0.15, 0.2) is 71.9 Å². The summed E-state index contributed by atoms with van der Waals surface area (Å²) in [5, 5.41) is 26.2. The first-order chi connectivity index (χ1) is 18.7. The maximum Gasteiger partial charge on any atom is 0.175 e. The number of aromatic nitrogens is 5. The fraction of sp³-hybridized carbons (Fsp3) is 0.192. The van der Waals surface area contributed by atoms with E-state index in [0.717, 1.165) is 6.26 Å². The summed E-state index contributed by atoms with van der Waals surface area (Å²) < 4.78 is 36.4. The summed E-state index contributed by atoms with van der Waals surface area (Å²) in [6.45, 7) is 0.473. The van der Waals surface area contributed by atoms with Gasteiger partial charge in [0.25, 0.3) is 0 Å². The predicted octanol–water partition coefficient (Wildman–Crippen LogP) is 4.42. The van der Waals surface area contributed by atoms with Gasteiger partial charge in [-0.25, -0.2) is 8.42 Å². The number of nitrogens with zero attached hydrogens (tertiary/aromatic N) is 4. The van der Waals surface area contributed by atoms with Crippen molar-refractivity contribution in [2.24, 2.45) is 0 Å². The van der Waals surface area contributed by atoms with Crippen LogP contribution >= 0.6 is 11.6 Å². The van der Waals surface area contributed by atoms with Crippen molar-refractivity contribution in [1.29, 1.82) is 0 Å². The number of nitrogens with one attached hydrogen (secondary N) is 2. The Kier molecular flexibility index (Phi) is 7.53. The zero-order chi connectivity index (χ0) is 27.6. The molecule has 2 aromatic carbocycles. The van der Waals surface area contributed by atoms with Gasteiger partial charge in [0.1, 0.15) is 11.3 Å². The topological polar surface area (TPSA) is 144 Å². The molecule has 0 aliphatic carbocycles. The van der Waals surface area contributed by atoms with E-state index in [1.807, 2.05) is 6.07 Å². The summed E-state index contributed by atoms with van der Waals surface area (Å²) in [5.74, 6) is 1.88. The van der Waals surface area contributed by atoms with E-state index in [2.05, 4.69) is 25.6 Å². The number of methoxy groups -OCH3 is 1. The fourth-order valence-electron chi connectivity index (χ4n) is 3.99. The molecular weight excluding hydrogens is 544 g/mol.